The summed E-state index contributed by atoms with van der Waals surface area (Å²) in [6.07, 6.45) is 3.45. The van der Waals surface area contributed by atoms with Gasteiger partial charge in [0.15, 0.2) is 0 Å². The van der Waals surface area contributed by atoms with Crippen molar-refractivity contribution in [2.75, 3.05) is 11.9 Å². The molecule has 1 atom stereocenters. The van der Waals surface area contributed by atoms with Gasteiger partial charge in [0, 0.05) is 11.6 Å². The molecule has 2 rings (SSSR count). The number of para-hydroxylation sites is 1. The van der Waals surface area contributed by atoms with Crippen molar-refractivity contribution in [2.45, 2.75) is 53.4 Å². The van der Waals surface area contributed by atoms with Gasteiger partial charge in [-0.25, -0.2) is 0 Å². The lowest BCUT2D eigenvalue weighted by Crippen LogP contribution is -2.37. The van der Waals surface area contributed by atoms with Crippen molar-refractivity contribution in [1.82, 2.24) is 5.32 Å². The monoisotopic (exact) mass is 396 g/mol. The van der Waals surface area contributed by atoms with Gasteiger partial charge in [-0.15, -0.1) is 0 Å². The molecule has 0 aliphatic rings. The lowest BCUT2D eigenvalue weighted by atomic mass is 9.94. The van der Waals surface area contributed by atoms with E-state index in [-0.39, 0.29) is 24.3 Å². The molecule has 0 radical (unpaired) electrons. The quantitative estimate of drug-likeness (QED) is 0.592. The first-order valence-corrected chi connectivity index (χ1v) is 10.6. The second-order valence-corrected chi connectivity index (χ2v) is 7.87. The smallest absolute Gasteiger partial charge is 0.243 e. The summed E-state index contributed by atoms with van der Waals surface area (Å²) in [6, 6.07) is 19.4. The average Bonchev–Trinajstić information content (AvgIpc) is 2.70. The van der Waals surface area contributed by atoms with Crippen molar-refractivity contribution in [3.8, 4) is 0 Å². The first kappa shape index (κ1) is 24.4. The van der Waals surface area contributed by atoms with Gasteiger partial charge in [-0.2, -0.15) is 0 Å². The second-order valence-electron chi connectivity index (χ2n) is 7.87. The van der Waals surface area contributed by atoms with Crippen LogP contribution < -0.4 is 10.6 Å². The van der Waals surface area contributed by atoms with Crippen LogP contribution in [0.5, 0.6) is 0 Å². The van der Waals surface area contributed by atoms with Crippen LogP contribution in [0.4, 0.5) is 5.69 Å². The van der Waals surface area contributed by atoms with Crippen LogP contribution in [0, 0.1) is 11.8 Å². The Morgan fingerprint density at radius 1 is 0.862 bits per heavy atom. The highest BCUT2D eigenvalue weighted by Crippen LogP contribution is 2.15. The Bertz CT molecular complexity index is 697. The van der Waals surface area contributed by atoms with Crippen LogP contribution in [-0.2, 0) is 16.0 Å². The fraction of sp³-hybridized carbons (Fsp3) is 0.440. The normalized spacial score (nSPS) is 11.2. The zero-order valence-electron chi connectivity index (χ0n) is 18.3. The number of aryl methyl sites for hydroxylation is 1. The molecule has 0 aliphatic carbocycles. The summed E-state index contributed by atoms with van der Waals surface area (Å²) in [5, 5.41) is 5.55. The molecular weight excluding hydrogens is 360 g/mol. The number of amides is 2. The van der Waals surface area contributed by atoms with Gasteiger partial charge in [0.25, 0.3) is 0 Å². The van der Waals surface area contributed by atoms with Crippen molar-refractivity contribution in [2.24, 2.45) is 11.8 Å². The summed E-state index contributed by atoms with van der Waals surface area (Å²) in [4.78, 5) is 24.4. The number of benzene rings is 2. The standard InChI is InChI=1S/C21H26N2O2.C4H10/c1-2-9-18(15-14-17-10-5-3-6-11-17)21(25)22-16-20(24)23-19-12-7-4-8-13-19;1-4(2)3/h3-8,10-13,18H,2,9,14-16H2,1H3,(H,22,25)(H,23,24);4H,1-3H3/t18-;/m0./s1. The number of carbonyl (C=O) groups is 2. The number of hydrogen-bond donors (Lipinski definition) is 2. The molecule has 158 valence electrons. The van der Waals surface area contributed by atoms with Crippen LogP contribution in [-0.4, -0.2) is 18.4 Å². The minimum atomic E-state index is -0.210. The van der Waals surface area contributed by atoms with Crippen molar-refractivity contribution >= 4 is 17.5 Å². The van der Waals surface area contributed by atoms with Crippen LogP contribution in [0.15, 0.2) is 60.7 Å². The summed E-state index contributed by atoms with van der Waals surface area (Å²) in [5.41, 5.74) is 1.97. The van der Waals surface area contributed by atoms with Gasteiger partial charge in [0.2, 0.25) is 11.8 Å². The van der Waals surface area contributed by atoms with Crippen LogP contribution in [0.3, 0.4) is 0 Å². The SMILES string of the molecule is CC(C)C.CCC[C@@H](CCc1ccccc1)C(=O)NCC(=O)Nc1ccccc1. The molecule has 0 unspecified atom stereocenters. The van der Waals surface area contributed by atoms with E-state index in [1.807, 2.05) is 48.5 Å². The van der Waals surface area contributed by atoms with Gasteiger partial charge >= 0.3 is 0 Å². The molecule has 0 aliphatic heterocycles. The molecule has 2 aromatic rings. The highest BCUT2D eigenvalue weighted by atomic mass is 16.2. The summed E-state index contributed by atoms with van der Waals surface area (Å²) < 4.78 is 0. The predicted octanol–water partition coefficient (Wildman–Crippen LogP) is 5.45. The van der Waals surface area contributed by atoms with Crippen LogP contribution in [0.1, 0.15) is 52.5 Å². The predicted molar refractivity (Wildman–Crippen MR) is 122 cm³/mol. The lowest BCUT2D eigenvalue weighted by molar-refractivity contribution is -0.127. The van der Waals surface area contributed by atoms with Crippen LogP contribution in [0.25, 0.3) is 0 Å². The van der Waals surface area contributed by atoms with E-state index < -0.39 is 0 Å². The Balaban J connectivity index is 0.000000960. The Kier molecular flexibility index (Phi) is 12.1. The fourth-order valence-electron chi connectivity index (χ4n) is 2.78. The molecule has 2 aromatic carbocycles. The molecule has 29 heavy (non-hydrogen) atoms. The van der Waals surface area contributed by atoms with E-state index in [1.165, 1.54) is 5.56 Å². The van der Waals surface area contributed by atoms with Crippen molar-refractivity contribution in [1.29, 1.82) is 0 Å². The molecular formula is C25H36N2O2. The molecule has 0 heterocycles. The van der Waals surface area contributed by atoms with E-state index >= 15 is 0 Å². The third kappa shape index (κ3) is 11.7. The number of rotatable bonds is 9. The molecule has 2 amide bonds. The molecule has 0 saturated carbocycles. The van der Waals surface area contributed by atoms with Gasteiger partial charge in [0.1, 0.15) is 0 Å². The molecule has 4 nitrogen and oxygen atoms in total. The average molecular weight is 397 g/mol. The van der Waals surface area contributed by atoms with E-state index in [1.54, 1.807) is 0 Å². The van der Waals surface area contributed by atoms with Crippen molar-refractivity contribution in [3.05, 3.63) is 66.2 Å². The van der Waals surface area contributed by atoms with Gasteiger partial charge in [-0.1, -0.05) is 82.6 Å². The number of carbonyl (C=O) groups excluding carboxylic acids is 2. The molecule has 0 spiro atoms. The Morgan fingerprint density at radius 3 is 1.97 bits per heavy atom. The summed E-state index contributed by atoms with van der Waals surface area (Å²) >= 11 is 0. The summed E-state index contributed by atoms with van der Waals surface area (Å²) in [6.45, 7) is 8.57. The van der Waals surface area contributed by atoms with E-state index in [9.17, 15) is 9.59 Å². The molecule has 0 fully saturated rings. The first-order chi connectivity index (χ1) is 13.9. The molecule has 0 aromatic heterocycles. The zero-order chi connectivity index (χ0) is 21.5. The topological polar surface area (TPSA) is 58.2 Å². The fourth-order valence-corrected chi connectivity index (χ4v) is 2.78. The molecule has 2 N–H and O–H groups in total. The first-order valence-electron chi connectivity index (χ1n) is 10.6. The van der Waals surface area contributed by atoms with Crippen molar-refractivity contribution < 1.29 is 9.59 Å². The van der Waals surface area contributed by atoms with Crippen LogP contribution in [0.2, 0.25) is 0 Å². The lowest BCUT2D eigenvalue weighted by Gasteiger charge is -2.16. The van der Waals surface area contributed by atoms with E-state index in [2.05, 4.69) is 50.5 Å². The van der Waals surface area contributed by atoms with E-state index in [0.29, 0.717) is 0 Å². The minimum Gasteiger partial charge on any atom is -0.347 e. The Morgan fingerprint density at radius 2 is 1.41 bits per heavy atom. The van der Waals surface area contributed by atoms with Crippen LogP contribution >= 0.6 is 0 Å². The highest BCUT2D eigenvalue weighted by molar-refractivity contribution is 5.94. The zero-order valence-corrected chi connectivity index (χ0v) is 18.3. The highest BCUT2D eigenvalue weighted by Gasteiger charge is 2.18. The number of nitrogens with one attached hydrogen (secondary N) is 2. The molecule has 0 saturated heterocycles. The van der Waals surface area contributed by atoms with Gasteiger partial charge in [-0.3, -0.25) is 9.59 Å². The number of anilines is 1. The van der Waals surface area contributed by atoms with Gasteiger partial charge in [0.05, 0.1) is 6.54 Å². The Hall–Kier alpha value is -2.62. The maximum absolute atomic E-state index is 12.4. The third-order valence-corrected chi connectivity index (χ3v) is 4.11. The van der Waals surface area contributed by atoms with Gasteiger partial charge in [-0.05, 0) is 42.9 Å². The second kappa shape index (κ2) is 14.4. The molecule has 4 heteroatoms. The Labute approximate surface area is 176 Å². The van der Waals surface area contributed by atoms with Crippen molar-refractivity contribution in [3.63, 3.8) is 0 Å². The van der Waals surface area contributed by atoms with Gasteiger partial charge < -0.3 is 10.6 Å². The summed E-state index contributed by atoms with van der Waals surface area (Å²) in [5.74, 6) is 0.522. The third-order valence-electron chi connectivity index (χ3n) is 4.11. The van der Waals surface area contributed by atoms with E-state index in [4.69, 9.17) is 0 Å². The largest absolute Gasteiger partial charge is 0.347 e. The maximum Gasteiger partial charge on any atom is 0.243 e. The maximum atomic E-state index is 12.4. The number of hydrogen-bond acceptors (Lipinski definition) is 2. The minimum absolute atomic E-state index is 0.000715. The molecule has 0 bridgehead atoms. The van der Waals surface area contributed by atoms with E-state index in [0.717, 1.165) is 37.3 Å². The summed E-state index contributed by atoms with van der Waals surface area (Å²) in [7, 11) is 0.